The quantitative estimate of drug-likeness (QED) is 0.876. The maximum atomic E-state index is 12.6. The van der Waals surface area contributed by atoms with Gasteiger partial charge in [0.15, 0.2) is 0 Å². The molecule has 1 unspecified atom stereocenters. The average molecular weight is 289 g/mol. The van der Waals surface area contributed by atoms with Crippen molar-refractivity contribution < 1.29 is 23.4 Å². The third-order valence-electron chi connectivity index (χ3n) is 3.95. The van der Waals surface area contributed by atoms with Gasteiger partial charge in [0.25, 0.3) is 0 Å². The Hall–Kier alpha value is -1.43. The van der Waals surface area contributed by atoms with Crippen molar-refractivity contribution in [2.75, 3.05) is 13.1 Å². The highest BCUT2D eigenvalue weighted by Gasteiger charge is 2.41. The average Bonchev–Trinajstić information content (AvgIpc) is 2.36. The summed E-state index contributed by atoms with van der Waals surface area (Å²) in [5, 5.41) is 18.9. The first kappa shape index (κ1) is 15.0. The smallest absolute Gasteiger partial charge is 0.391 e. The van der Waals surface area contributed by atoms with Crippen LogP contribution in [0.4, 0.5) is 13.2 Å². The van der Waals surface area contributed by atoms with Gasteiger partial charge in [0.1, 0.15) is 11.5 Å². The van der Waals surface area contributed by atoms with Gasteiger partial charge in [0.05, 0.1) is 5.92 Å². The van der Waals surface area contributed by atoms with Crippen molar-refractivity contribution in [3.8, 4) is 11.5 Å². The number of likely N-dealkylation sites (tertiary alicyclic amines) is 1. The molecule has 2 rings (SSSR count). The van der Waals surface area contributed by atoms with Gasteiger partial charge in [-0.05, 0) is 50.6 Å². The second kappa shape index (κ2) is 5.52. The van der Waals surface area contributed by atoms with Crippen LogP contribution in [0.25, 0.3) is 0 Å². The van der Waals surface area contributed by atoms with Crippen LogP contribution < -0.4 is 0 Å². The first-order chi connectivity index (χ1) is 9.27. The van der Waals surface area contributed by atoms with Gasteiger partial charge < -0.3 is 10.2 Å². The number of halogens is 3. The van der Waals surface area contributed by atoms with E-state index >= 15 is 0 Å². The van der Waals surface area contributed by atoms with Crippen LogP contribution in [0.15, 0.2) is 18.2 Å². The minimum Gasteiger partial charge on any atom is -0.508 e. The topological polar surface area (TPSA) is 43.7 Å². The molecule has 1 fully saturated rings. The normalized spacial score (nSPS) is 20.0. The van der Waals surface area contributed by atoms with Crippen molar-refractivity contribution in [1.29, 1.82) is 0 Å². The second-order valence-electron chi connectivity index (χ2n) is 5.31. The number of rotatable bonds is 2. The van der Waals surface area contributed by atoms with Crippen molar-refractivity contribution in [3.63, 3.8) is 0 Å². The second-order valence-corrected chi connectivity index (χ2v) is 5.31. The van der Waals surface area contributed by atoms with Gasteiger partial charge in [-0.3, -0.25) is 4.90 Å². The summed E-state index contributed by atoms with van der Waals surface area (Å²) in [6.45, 7) is 2.59. The Bertz CT molecular complexity index is 448. The lowest BCUT2D eigenvalue weighted by molar-refractivity contribution is -0.186. The minimum absolute atomic E-state index is 0.0444. The fourth-order valence-electron chi connectivity index (χ4n) is 2.68. The lowest BCUT2D eigenvalue weighted by atomic mass is 9.94. The lowest BCUT2D eigenvalue weighted by Crippen LogP contribution is -2.40. The van der Waals surface area contributed by atoms with Crippen LogP contribution in [0.1, 0.15) is 31.4 Å². The number of nitrogens with zero attached hydrogens (tertiary/aromatic N) is 1. The number of hydrogen-bond acceptors (Lipinski definition) is 3. The van der Waals surface area contributed by atoms with E-state index in [1.165, 1.54) is 18.2 Å². The molecule has 1 saturated heterocycles. The molecule has 0 aliphatic carbocycles. The molecule has 1 aliphatic heterocycles. The van der Waals surface area contributed by atoms with Crippen LogP contribution in [-0.4, -0.2) is 34.4 Å². The maximum Gasteiger partial charge on any atom is 0.391 e. The van der Waals surface area contributed by atoms with Crippen LogP contribution in [-0.2, 0) is 0 Å². The van der Waals surface area contributed by atoms with Gasteiger partial charge in [-0.15, -0.1) is 0 Å². The molecule has 0 saturated carbocycles. The summed E-state index contributed by atoms with van der Waals surface area (Å²) < 4.78 is 37.8. The Kier molecular flexibility index (Phi) is 4.13. The lowest BCUT2D eigenvalue weighted by Gasteiger charge is -2.36. The van der Waals surface area contributed by atoms with Gasteiger partial charge in [-0.25, -0.2) is 0 Å². The number of phenols is 2. The molecular formula is C14H18F3NO2. The van der Waals surface area contributed by atoms with Gasteiger partial charge >= 0.3 is 6.18 Å². The van der Waals surface area contributed by atoms with Crippen LogP contribution in [0.2, 0.25) is 0 Å². The van der Waals surface area contributed by atoms with Gasteiger partial charge in [-0.1, -0.05) is 0 Å². The summed E-state index contributed by atoms with van der Waals surface area (Å²) in [4.78, 5) is 1.94. The summed E-state index contributed by atoms with van der Waals surface area (Å²) >= 11 is 0. The predicted octanol–water partition coefficient (Wildman–Crippen LogP) is 3.43. The third-order valence-corrected chi connectivity index (χ3v) is 3.95. The van der Waals surface area contributed by atoms with E-state index in [1.807, 2.05) is 11.8 Å². The predicted molar refractivity (Wildman–Crippen MR) is 68.5 cm³/mol. The van der Waals surface area contributed by atoms with Crippen molar-refractivity contribution in [1.82, 2.24) is 4.90 Å². The Labute approximate surface area is 115 Å². The molecule has 0 amide bonds. The van der Waals surface area contributed by atoms with E-state index in [0.717, 1.165) is 0 Å². The van der Waals surface area contributed by atoms with E-state index in [2.05, 4.69) is 0 Å². The molecule has 112 valence electrons. The number of hydrogen-bond donors (Lipinski definition) is 2. The number of benzene rings is 1. The zero-order valence-corrected chi connectivity index (χ0v) is 11.2. The van der Waals surface area contributed by atoms with Gasteiger partial charge in [-0.2, -0.15) is 13.2 Å². The molecule has 0 aromatic heterocycles. The Morgan fingerprint density at radius 2 is 1.60 bits per heavy atom. The highest BCUT2D eigenvalue weighted by Crippen LogP contribution is 2.37. The van der Waals surface area contributed by atoms with Gasteiger partial charge in [0, 0.05) is 12.1 Å². The molecule has 1 aromatic rings. The maximum absolute atomic E-state index is 12.6. The third kappa shape index (κ3) is 3.36. The largest absolute Gasteiger partial charge is 0.508 e. The van der Waals surface area contributed by atoms with Crippen molar-refractivity contribution in [2.45, 2.75) is 32.0 Å². The highest BCUT2D eigenvalue weighted by atomic mass is 19.4. The molecule has 20 heavy (non-hydrogen) atoms. The number of aromatic hydroxyl groups is 2. The molecule has 2 N–H and O–H groups in total. The zero-order chi connectivity index (χ0) is 14.9. The highest BCUT2D eigenvalue weighted by molar-refractivity contribution is 5.38. The first-order valence-electron chi connectivity index (χ1n) is 6.61. The molecule has 0 spiro atoms. The SMILES string of the molecule is CC(c1cc(O)cc(O)c1)N1CCC(C(F)(F)F)CC1. The summed E-state index contributed by atoms with van der Waals surface area (Å²) in [5.41, 5.74) is 0.702. The van der Waals surface area contributed by atoms with Crippen molar-refractivity contribution in [3.05, 3.63) is 23.8 Å². The van der Waals surface area contributed by atoms with E-state index in [-0.39, 0.29) is 30.4 Å². The Balaban J connectivity index is 2.03. The van der Waals surface area contributed by atoms with Crippen LogP contribution in [0.3, 0.4) is 0 Å². The number of phenolic OH excluding ortho intramolecular Hbond substituents is 2. The number of piperidine rings is 1. The van der Waals surface area contributed by atoms with Crippen LogP contribution >= 0.6 is 0 Å². The Morgan fingerprint density at radius 3 is 2.05 bits per heavy atom. The van der Waals surface area contributed by atoms with Crippen molar-refractivity contribution >= 4 is 0 Å². The zero-order valence-electron chi connectivity index (χ0n) is 11.2. The summed E-state index contributed by atoms with van der Waals surface area (Å²) in [5.74, 6) is -1.31. The fraction of sp³-hybridized carbons (Fsp3) is 0.571. The monoisotopic (exact) mass is 289 g/mol. The first-order valence-corrected chi connectivity index (χ1v) is 6.61. The fourth-order valence-corrected chi connectivity index (χ4v) is 2.68. The van der Waals surface area contributed by atoms with Crippen LogP contribution in [0, 0.1) is 5.92 Å². The Morgan fingerprint density at radius 1 is 1.10 bits per heavy atom. The van der Waals surface area contributed by atoms with E-state index in [9.17, 15) is 23.4 Å². The number of alkyl halides is 3. The molecule has 0 radical (unpaired) electrons. The van der Waals surface area contributed by atoms with E-state index in [0.29, 0.717) is 18.7 Å². The molecule has 3 nitrogen and oxygen atoms in total. The van der Waals surface area contributed by atoms with E-state index in [1.54, 1.807) is 0 Å². The molecule has 0 bridgehead atoms. The minimum atomic E-state index is -4.11. The molecule has 1 aliphatic rings. The standard InChI is InChI=1S/C14H18F3NO2/c1-9(10-6-12(19)8-13(20)7-10)18-4-2-11(3-5-18)14(15,16)17/h6-9,11,19-20H,2-5H2,1H3. The summed E-state index contributed by atoms with van der Waals surface area (Å²) in [6, 6.07) is 4.15. The summed E-state index contributed by atoms with van der Waals surface area (Å²) in [6.07, 6.45) is -3.92. The van der Waals surface area contributed by atoms with Gasteiger partial charge in [0.2, 0.25) is 0 Å². The van der Waals surface area contributed by atoms with E-state index in [4.69, 9.17) is 0 Å². The molecule has 1 aromatic carbocycles. The van der Waals surface area contributed by atoms with E-state index < -0.39 is 12.1 Å². The van der Waals surface area contributed by atoms with Crippen LogP contribution in [0.5, 0.6) is 11.5 Å². The molecule has 1 atom stereocenters. The molecule has 6 heteroatoms. The van der Waals surface area contributed by atoms with Crippen molar-refractivity contribution in [2.24, 2.45) is 5.92 Å². The summed E-state index contributed by atoms with van der Waals surface area (Å²) in [7, 11) is 0. The molecule has 1 heterocycles. The molecular weight excluding hydrogens is 271 g/mol.